The van der Waals surface area contributed by atoms with Crippen LogP contribution in [-0.4, -0.2) is 23.3 Å². The molecule has 0 unspecified atom stereocenters. The van der Waals surface area contributed by atoms with Crippen molar-refractivity contribution >= 4 is 0 Å². The van der Waals surface area contributed by atoms with Crippen LogP contribution in [-0.2, 0) is 0 Å². The van der Waals surface area contributed by atoms with Gasteiger partial charge in [-0.25, -0.2) is 0 Å². The van der Waals surface area contributed by atoms with Gasteiger partial charge in [-0.1, -0.05) is 19.1 Å². The summed E-state index contributed by atoms with van der Waals surface area (Å²) >= 11 is 0. The van der Waals surface area contributed by atoms with E-state index in [1.54, 1.807) is 31.2 Å². The van der Waals surface area contributed by atoms with Gasteiger partial charge in [0.1, 0.15) is 0 Å². The normalized spacial score (nSPS) is 11.1. The van der Waals surface area contributed by atoms with Gasteiger partial charge in [-0.3, -0.25) is 0 Å². The highest BCUT2D eigenvalue weighted by Gasteiger charge is 2.23. The molecule has 0 radical (unpaired) electrons. The highest BCUT2D eigenvalue weighted by Crippen LogP contribution is 2.28. The third kappa shape index (κ3) is 2.61. The lowest BCUT2D eigenvalue weighted by Gasteiger charge is -2.22. The molecular weight excluding hydrogens is 184 g/mol. The molecule has 78 valence electrons. The summed E-state index contributed by atoms with van der Waals surface area (Å²) in [4.78, 5) is 0. The van der Waals surface area contributed by atoms with Gasteiger partial charge in [0.25, 0.3) is 0 Å². The molecule has 4 nitrogen and oxygen atoms in total. The van der Waals surface area contributed by atoms with Gasteiger partial charge in [0.05, 0.1) is 7.11 Å². The second-order valence-electron chi connectivity index (χ2n) is 2.85. The standard InChI is InChI=1S/C10H14O4/c1-3-10(11,12)14-9-7-5-4-6-8(9)13-2/h4-7,11-12H,3H2,1-2H3. The fraction of sp³-hybridized carbons (Fsp3) is 0.400. The molecule has 0 aliphatic carbocycles. The number of hydrogen-bond acceptors (Lipinski definition) is 4. The molecule has 0 amide bonds. The Labute approximate surface area is 82.7 Å². The molecule has 0 spiro atoms. The Morgan fingerprint density at radius 3 is 2.29 bits per heavy atom. The zero-order chi connectivity index (χ0) is 10.6. The molecule has 14 heavy (non-hydrogen) atoms. The van der Waals surface area contributed by atoms with Crippen LogP contribution in [0.4, 0.5) is 0 Å². The van der Waals surface area contributed by atoms with Crippen molar-refractivity contribution in [1.82, 2.24) is 0 Å². The summed E-state index contributed by atoms with van der Waals surface area (Å²) in [6.45, 7) is 1.61. The van der Waals surface area contributed by atoms with Gasteiger partial charge >= 0.3 is 5.97 Å². The van der Waals surface area contributed by atoms with Crippen molar-refractivity contribution in [3.8, 4) is 11.5 Å². The molecule has 2 N–H and O–H groups in total. The van der Waals surface area contributed by atoms with Crippen LogP contribution in [0.1, 0.15) is 13.3 Å². The Hall–Kier alpha value is -1.26. The molecule has 4 heteroatoms. The molecular formula is C10H14O4. The molecule has 0 aliphatic rings. The van der Waals surface area contributed by atoms with Crippen LogP contribution in [0.15, 0.2) is 24.3 Å². The zero-order valence-corrected chi connectivity index (χ0v) is 8.23. The van der Waals surface area contributed by atoms with Crippen molar-refractivity contribution in [2.45, 2.75) is 19.3 Å². The number of para-hydroxylation sites is 2. The molecule has 0 saturated heterocycles. The van der Waals surface area contributed by atoms with E-state index in [0.717, 1.165) is 0 Å². The number of ether oxygens (including phenoxy) is 2. The van der Waals surface area contributed by atoms with Crippen molar-refractivity contribution in [2.75, 3.05) is 7.11 Å². The van der Waals surface area contributed by atoms with Gasteiger partial charge in [-0.2, -0.15) is 0 Å². The molecule has 0 fully saturated rings. The molecule has 0 heterocycles. The molecule has 0 aliphatic heterocycles. The van der Waals surface area contributed by atoms with Gasteiger partial charge in [0, 0.05) is 6.42 Å². The van der Waals surface area contributed by atoms with Crippen molar-refractivity contribution in [3.05, 3.63) is 24.3 Å². The van der Waals surface area contributed by atoms with E-state index in [4.69, 9.17) is 9.47 Å². The topological polar surface area (TPSA) is 58.9 Å². The lowest BCUT2D eigenvalue weighted by molar-refractivity contribution is -0.293. The molecule has 1 rings (SSSR count). The predicted octanol–water partition coefficient (Wildman–Crippen LogP) is 1.12. The third-order valence-corrected chi connectivity index (χ3v) is 1.80. The molecule has 0 saturated carbocycles. The minimum absolute atomic E-state index is 0.0745. The van der Waals surface area contributed by atoms with Crippen molar-refractivity contribution < 1.29 is 19.7 Å². The van der Waals surface area contributed by atoms with E-state index in [1.165, 1.54) is 7.11 Å². The fourth-order valence-electron chi connectivity index (χ4n) is 0.951. The number of aliphatic hydroxyl groups is 2. The van der Waals surface area contributed by atoms with Crippen LogP contribution in [0.25, 0.3) is 0 Å². The highest BCUT2D eigenvalue weighted by molar-refractivity contribution is 5.39. The maximum absolute atomic E-state index is 9.27. The Balaban J connectivity index is 2.85. The average molecular weight is 198 g/mol. The minimum Gasteiger partial charge on any atom is -0.493 e. The van der Waals surface area contributed by atoms with E-state index >= 15 is 0 Å². The fourth-order valence-corrected chi connectivity index (χ4v) is 0.951. The van der Waals surface area contributed by atoms with E-state index in [1.807, 2.05) is 0 Å². The van der Waals surface area contributed by atoms with Crippen LogP contribution < -0.4 is 9.47 Å². The lowest BCUT2D eigenvalue weighted by atomic mass is 10.3. The predicted molar refractivity (Wildman–Crippen MR) is 51.1 cm³/mol. The number of benzene rings is 1. The van der Waals surface area contributed by atoms with Gasteiger partial charge < -0.3 is 19.7 Å². The first-order valence-corrected chi connectivity index (χ1v) is 4.36. The largest absolute Gasteiger partial charge is 0.493 e. The molecule has 0 bridgehead atoms. The summed E-state index contributed by atoms with van der Waals surface area (Å²) in [6, 6.07) is 6.79. The summed E-state index contributed by atoms with van der Waals surface area (Å²) < 4.78 is 9.95. The second kappa shape index (κ2) is 4.30. The average Bonchev–Trinajstić information content (AvgIpc) is 2.18. The van der Waals surface area contributed by atoms with Crippen molar-refractivity contribution in [3.63, 3.8) is 0 Å². The Morgan fingerprint density at radius 2 is 1.79 bits per heavy atom. The van der Waals surface area contributed by atoms with E-state index < -0.39 is 5.97 Å². The van der Waals surface area contributed by atoms with Gasteiger partial charge in [-0.15, -0.1) is 0 Å². The van der Waals surface area contributed by atoms with E-state index in [9.17, 15) is 10.2 Å². The van der Waals surface area contributed by atoms with E-state index in [2.05, 4.69) is 0 Å². The maximum Gasteiger partial charge on any atom is 0.321 e. The van der Waals surface area contributed by atoms with Crippen molar-refractivity contribution in [2.24, 2.45) is 0 Å². The maximum atomic E-state index is 9.27. The summed E-state index contributed by atoms with van der Waals surface area (Å²) in [5, 5.41) is 18.5. The van der Waals surface area contributed by atoms with Crippen LogP contribution in [0.3, 0.4) is 0 Å². The minimum atomic E-state index is -2.14. The quantitative estimate of drug-likeness (QED) is 0.712. The van der Waals surface area contributed by atoms with E-state index in [0.29, 0.717) is 11.5 Å². The van der Waals surface area contributed by atoms with Gasteiger partial charge in [0.15, 0.2) is 11.5 Å². The summed E-state index contributed by atoms with van der Waals surface area (Å²) in [7, 11) is 1.49. The Morgan fingerprint density at radius 1 is 1.21 bits per heavy atom. The SMILES string of the molecule is CCC(O)(O)Oc1ccccc1OC. The van der Waals surface area contributed by atoms with Gasteiger partial charge in [0.2, 0.25) is 0 Å². The molecule has 0 aromatic heterocycles. The highest BCUT2D eigenvalue weighted by atomic mass is 16.8. The first-order valence-electron chi connectivity index (χ1n) is 4.36. The smallest absolute Gasteiger partial charge is 0.321 e. The second-order valence-corrected chi connectivity index (χ2v) is 2.85. The molecule has 1 aromatic rings. The molecule has 1 aromatic carbocycles. The first-order chi connectivity index (χ1) is 6.59. The lowest BCUT2D eigenvalue weighted by Crippen LogP contribution is -2.34. The number of rotatable bonds is 4. The monoisotopic (exact) mass is 198 g/mol. The summed E-state index contributed by atoms with van der Waals surface area (Å²) in [6.07, 6.45) is 0.0745. The Kier molecular flexibility index (Phi) is 3.33. The van der Waals surface area contributed by atoms with E-state index in [-0.39, 0.29) is 6.42 Å². The number of hydrogen-bond donors (Lipinski definition) is 2. The third-order valence-electron chi connectivity index (χ3n) is 1.80. The van der Waals surface area contributed by atoms with Gasteiger partial charge in [-0.05, 0) is 12.1 Å². The van der Waals surface area contributed by atoms with Crippen LogP contribution in [0.2, 0.25) is 0 Å². The zero-order valence-electron chi connectivity index (χ0n) is 8.23. The first kappa shape index (κ1) is 10.8. The summed E-state index contributed by atoms with van der Waals surface area (Å²) in [5.74, 6) is -1.37. The summed E-state index contributed by atoms with van der Waals surface area (Å²) in [5.41, 5.74) is 0. The van der Waals surface area contributed by atoms with Crippen LogP contribution >= 0.6 is 0 Å². The molecule has 0 atom stereocenters. The Bertz CT molecular complexity index is 296. The number of methoxy groups -OCH3 is 1. The van der Waals surface area contributed by atoms with Crippen molar-refractivity contribution in [1.29, 1.82) is 0 Å². The van der Waals surface area contributed by atoms with Crippen LogP contribution in [0.5, 0.6) is 11.5 Å². The van der Waals surface area contributed by atoms with Crippen LogP contribution in [0, 0.1) is 0 Å².